The number of carbonyl (C=O) groups is 3. The fourth-order valence-electron chi connectivity index (χ4n) is 6.96. The van der Waals surface area contributed by atoms with Gasteiger partial charge in [-0.1, -0.05) is 26.0 Å². The fourth-order valence-corrected chi connectivity index (χ4v) is 9.37. The van der Waals surface area contributed by atoms with Crippen LogP contribution in [0.5, 0.6) is 5.75 Å². The van der Waals surface area contributed by atoms with Crippen LogP contribution >= 0.6 is 11.8 Å². The van der Waals surface area contributed by atoms with Crippen LogP contribution in [0.1, 0.15) is 44.7 Å². The fraction of sp³-hybridized carbons (Fsp3) is 0.516. The van der Waals surface area contributed by atoms with Crippen molar-refractivity contribution in [1.82, 2.24) is 4.90 Å². The summed E-state index contributed by atoms with van der Waals surface area (Å²) < 4.78 is 4.75. The van der Waals surface area contributed by atoms with Crippen molar-refractivity contribution in [2.75, 3.05) is 23.8 Å². The van der Waals surface area contributed by atoms with Crippen molar-refractivity contribution in [1.29, 1.82) is 0 Å². The molecule has 40 heavy (non-hydrogen) atoms. The molecule has 3 N–H and O–H groups in total. The van der Waals surface area contributed by atoms with Crippen molar-refractivity contribution in [2.45, 2.75) is 69.5 Å². The molecule has 0 saturated carbocycles. The molecule has 9 heteroatoms. The highest BCUT2D eigenvalue weighted by molar-refractivity contribution is 8.02. The first-order chi connectivity index (χ1) is 19.2. The number of amides is 3. The second kappa shape index (κ2) is 11.1. The molecular formula is C31H39N3O5S. The highest BCUT2D eigenvalue weighted by Gasteiger charge is 2.76. The van der Waals surface area contributed by atoms with E-state index >= 15 is 0 Å². The first-order valence-electron chi connectivity index (χ1n) is 14.2. The molecule has 0 aromatic heterocycles. The minimum absolute atomic E-state index is 0.0431. The number of anilines is 2. The first-order valence-corrected chi connectivity index (χ1v) is 15.1. The van der Waals surface area contributed by atoms with Crippen molar-refractivity contribution in [3.05, 3.63) is 53.6 Å². The number of nitrogens with one attached hydrogen (secondary N) is 2. The minimum atomic E-state index is -0.796. The van der Waals surface area contributed by atoms with Gasteiger partial charge >= 0.3 is 0 Å². The lowest BCUT2D eigenvalue weighted by molar-refractivity contribution is -0.141. The molecule has 2 aromatic carbocycles. The zero-order valence-corrected chi connectivity index (χ0v) is 24.6. The molecule has 0 aliphatic carbocycles. The van der Waals surface area contributed by atoms with Crippen LogP contribution in [-0.4, -0.2) is 63.0 Å². The third-order valence-corrected chi connectivity index (χ3v) is 11.0. The summed E-state index contributed by atoms with van der Waals surface area (Å²) in [6.07, 6.45) is 1.25. The zero-order chi connectivity index (χ0) is 28.8. The number of thioether (sulfide) groups is 1. The van der Waals surface area contributed by atoms with E-state index in [1.807, 2.05) is 45.9 Å². The van der Waals surface area contributed by atoms with Crippen LogP contribution in [-0.2, 0) is 14.4 Å². The number of nitrogens with zero attached hydrogens (tertiary/aromatic N) is 1. The van der Waals surface area contributed by atoms with E-state index in [9.17, 15) is 19.5 Å². The van der Waals surface area contributed by atoms with Crippen molar-refractivity contribution >= 4 is 40.9 Å². The predicted octanol–water partition coefficient (Wildman–Crippen LogP) is 4.39. The van der Waals surface area contributed by atoms with Crippen molar-refractivity contribution < 1.29 is 24.2 Å². The molecule has 214 valence electrons. The SMILES string of the molecule is CCOc1ccc(NC(=O)[C@@H]2[C@@H]3CC(C)C4(S3)C(C(=O)Nc3cc(C)ccc3C)N([C@@H](CC)CO)C(=O)[C@H]24)cc1. The number of carbonyl (C=O) groups excluding carboxylic acids is 3. The van der Waals surface area contributed by atoms with E-state index in [2.05, 4.69) is 17.6 Å². The Morgan fingerprint density at radius 1 is 1.12 bits per heavy atom. The summed E-state index contributed by atoms with van der Waals surface area (Å²) >= 11 is 1.63. The van der Waals surface area contributed by atoms with Gasteiger partial charge in [-0.25, -0.2) is 0 Å². The molecule has 2 aromatic rings. The van der Waals surface area contributed by atoms with Crippen molar-refractivity contribution in [2.24, 2.45) is 17.8 Å². The maximum atomic E-state index is 14.3. The number of hydrogen-bond donors (Lipinski definition) is 3. The average molecular weight is 566 g/mol. The summed E-state index contributed by atoms with van der Waals surface area (Å²) in [7, 11) is 0. The van der Waals surface area contributed by atoms with E-state index < -0.39 is 28.7 Å². The minimum Gasteiger partial charge on any atom is -0.494 e. The van der Waals surface area contributed by atoms with Crippen LogP contribution in [0.15, 0.2) is 42.5 Å². The number of aliphatic hydroxyl groups is 1. The monoisotopic (exact) mass is 565 g/mol. The standard InChI is InChI=1S/C31H39N3O5S/c1-6-21(16-35)34-27(29(37)33-23-14-17(3)8-9-18(23)4)31-19(5)15-24(40-31)25(26(31)30(34)38)28(36)32-20-10-12-22(13-11-20)39-7-2/h8-14,19,21,24-27,35H,6-7,15-16H2,1-5H3,(H,32,36)(H,33,37)/t19?,21-,24-,25+,26-,27?,31?/m0/s1. The maximum Gasteiger partial charge on any atom is 0.248 e. The van der Waals surface area contributed by atoms with E-state index in [0.29, 0.717) is 24.4 Å². The molecule has 3 fully saturated rings. The topological polar surface area (TPSA) is 108 Å². The molecule has 3 amide bonds. The number of aliphatic hydroxyl groups excluding tert-OH is 1. The van der Waals surface area contributed by atoms with Gasteiger partial charge in [-0.2, -0.15) is 0 Å². The number of hydrogen-bond acceptors (Lipinski definition) is 6. The van der Waals surface area contributed by atoms with Crippen LogP contribution in [0.3, 0.4) is 0 Å². The molecule has 5 rings (SSSR count). The van der Waals surface area contributed by atoms with Crippen LogP contribution in [0.4, 0.5) is 11.4 Å². The second-order valence-electron chi connectivity index (χ2n) is 11.3. The van der Waals surface area contributed by atoms with Gasteiger partial charge in [0.05, 0.1) is 35.8 Å². The zero-order valence-electron chi connectivity index (χ0n) is 23.8. The van der Waals surface area contributed by atoms with E-state index in [1.165, 1.54) is 0 Å². The summed E-state index contributed by atoms with van der Waals surface area (Å²) in [4.78, 5) is 43.9. The Morgan fingerprint density at radius 2 is 1.85 bits per heavy atom. The Bertz CT molecular complexity index is 1300. The normalized spacial score (nSPS) is 29.3. The van der Waals surface area contributed by atoms with Gasteiger partial charge in [-0.05, 0) is 81.0 Å². The summed E-state index contributed by atoms with van der Waals surface area (Å²) in [5, 5.41) is 16.3. The summed E-state index contributed by atoms with van der Waals surface area (Å²) in [5.41, 5.74) is 3.30. The second-order valence-corrected chi connectivity index (χ2v) is 12.8. The molecule has 1 spiro atoms. The number of benzene rings is 2. The lowest BCUT2D eigenvalue weighted by atomic mass is 9.66. The summed E-state index contributed by atoms with van der Waals surface area (Å²) in [5.74, 6) is -1.14. The molecule has 3 heterocycles. The quantitative estimate of drug-likeness (QED) is 0.416. The van der Waals surface area contributed by atoms with Gasteiger partial charge in [-0.15, -0.1) is 11.8 Å². The first kappa shape index (κ1) is 28.5. The van der Waals surface area contributed by atoms with E-state index in [-0.39, 0.29) is 35.5 Å². The van der Waals surface area contributed by atoms with Crippen molar-refractivity contribution in [3.63, 3.8) is 0 Å². The van der Waals surface area contributed by atoms with Crippen molar-refractivity contribution in [3.8, 4) is 5.75 Å². The summed E-state index contributed by atoms with van der Waals surface area (Å²) in [6, 6.07) is 11.8. The number of aryl methyl sites for hydroxylation is 2. The Hall–Kier alpha value is -3.04. The lowest BCUT2D eigenvalue weighted by Crippen LogP contribution is -2.57. The van der Waals surface area contributed by atoms with Gasteiger partial charge in [0.2, 0.25) is 17.7 Å². The smallest absolute Gasteiger partial charge is 0.248 e. The largest absolute Gasteiger partial charge is 0.494 e. The molecule has 0 radical (unpaired) electrons. The van der Waals surface area contributed by atoms with E-state index in [1.54, 1.807) is 40.9 Å². The number of rotatable bonds is 9. The maximum absolute atomic E-state index is 14.3. The molecule has 2 bridgehead atoms. The Labute approximate surface area is 240 Å². The Morgan fingerprint density at radius 3 is 2.50 bits per heavy atom. The van der Waals surface area contributed by atoms with Crippen LogP contribution in [0.2, 0.25) is 0 Å². The number of fused-ring (bicyclic) bond motifs is 1. The highest BCUT2D eigenvalue weighted by atomic mass is 32.2. The van der Waals surface area contributed by atoms with Gasteiger partial charge in [0, 0.05) is 16.6 Å². The van der Waals surface area contributed by atoms with E-state index in [4.69, 9.17) is 4.74 Å². The lowest BCUT2D eigenvalue weighted by Gasteiger charge is -2.40. The molecule has 8 nitrogen and oxygen atoms in total. The average Bonchev–Trinajstić information content (AvgIpc) is 3.52. The Balaban J connectivity index is 1.49. The molecule has 7 atom stereocenters. The molecule has 3 aliphatic rings. The summed E-state index contributed by atoms with van der Waals surface area (Å²) in [6.45, 7) is 10.1. The van der Waals surface area contributed by atoms with Crippen LogP contribution in [0.25, 0.3) is 0 Å². The molecular weight excluding hydrogens is 526 g/mol. The third kappa shape index (κ3) is 4.57. The molecule has 3 aliphatic heterocycles. The van der Waals surface area contributed by atoms with Crippen LogP contribution in [0, 0.1) is 31.6 Å². The van der Waals surface area contributed by atoms with Crippen LogP contribution < -0.4 is 15.4 Å². The molecule has 3 saturated heterocycles. The number of ether oxygens (including phenoxy) is 1. The van der Waals surface area contributed by atoms with E-state index in [0.717, 1.165) is 23.3 Å². The van der Waals surface area contributed by atoms with Gasteiger partial charge in [0.25, 0.3) is 0 Å². The Kier molecular flexibility index (Phi) is 7.90. The van der Waals surface area contributed by atoms with Gasteiger partial charge in [0.1, 0.15) is 11.8 Å². The molecule has 3 unspecified atom stereocenters. The third-order valence-electron chi connectivity index (χ3n) is 8.89. The van der Waals surface area contributed by atoms with Gasteiger partial charge in [-0.3, -0.25) is 14.4 Å². The predicted molar refractivity (Wildman–Crippen MR) is 157 cm³/mol. The van der Waals surface area contributed by atoms with Gasteiger partial charge in [0.15, 0.2) is 0 Å². The van der Waals surface area contributed by atoms with Gasteiger partial charge < -0.3 is 25.4 Å². The number of likely N-dealkylation sites (tertiary alicyclic amines) is 1. The highest BCUT2D eigenvalue weighted by Crippen LogP contribution is 2.69.